The number of carbonyl (C=O) groups is 1. The van der Waals surface area contributed by atoms with Crippen molar-refractivity contribution < 1.29 is 22.7 Å². The number of halogens is 1. The molecule has 1 aromatic heterocycles. The molecule has 0 unspecified atom stereocenters. The van der Waals surface area contributed by atoms with Crippen molar-refractivity contribution >= 4 is 38.9 Å². The summed E-state index contributed by atoms with van der Waals surface area (Å²) in [5.74, 6) is 0.0573. The Labute approximate surface area is 185 Å². The van der Waals surface area contributed by atoms with Gasteiger partial charge in [0.1, 0.15) is 22.9 Å². The van der Waals surface area contributed by atoms with Gasteiger partial charge < -0.3 is 14.8 Å². The van der Waals surface area contributed by atoms with Crippen LogP contribution in [0.1, 0.15) is 0 Å². The lowest BCUT2D eigenvalue weighted by Gasteiger charge is -2.26. The van der Waals surface area contributed by atoms with E-state index in [-0.39, 0.29) is 21.4 Å². The summed E-state index contributed by atoms with van der Waals surface area (Å²) < 4.78 is 38.6. The summed E-state index contributed by atoms with van der Waals surface area (Å²) in [6.45, 7) is -0.536. The van der Waals surface area contributed by atoms with Crippen molar-refractivity contribution in [2.75, 3.05) is 30.4 Å². The zero-order valence-corrected chi connectivity index (χ0v) is 18.4. The highest BCUT2D eigenvalue weighted by molar-refractivity contribution is 7.93. The van der Waals surface area contributed by atoms with E-state index in [1.54, 1.807) is 42.6 Å². The second kappa shape index (κ2) is 9.67. The Bertz CT molecular complexity index is 1170. The number of methoxy groups -OCH3 is 2. The van der Waals surface area contributed by atoms with Crippen LogP contribution in [-0.4, -0.2) is 40.1 Å². The maximum absolute atomic E-state index is 13.6. The minimum absolute atomic E-state index is 0.0297. The molecule has 10 heteroatoms. The first-order valence-electron chi connectivity index (χ1n) is 9.06. The van der Waals surface area contributed by atoms with E-state index in [0.717, 1.165) is 4.31 Å². The number of pyridine rings is 1. The van der Waals surface area contributed by atoms with Gasteiger partial charge in [-0.3, -0.25) is 14.1 Å². The third-order valence-corrected chi connectivity index (χ3v) is 6.55. The van der Waals surface area contributed by atoms with Gasteiger partial charge in [0, 0.05) is 12.3 Å². The smallest absolute Gasteiger partial charge is 0.266 e. The normalized spacial score (nSPS) is 10.9. The fourth-order valence-electron chi connectivity index (χ4n) is 2.83. The van der Waals surface area contributed by atoms with Crippen LogP contribution in [0.15, 0.2) is 71.9 Å². The molecule has 3 rings (SSSR count). The molecule has 8 nitrogen and oxygen atoms in total. The number of sulfonamides is 1. The molecule has 1 N–H and O–H groups in total. The quantitative estimate of drug-likeness (QED) is 0.550. The van der Waals surface area contributed by atoms with Crippen molar-refractivity contribution in [3.63, 3.8) is 0 Å². The topological polar surface area (TPSA) is 97.8 Å². The molecular formula is C21H20ClN3O5S. The van der Waals surface area contributed by atoms with Gasteiger partial charge in [-0.05, 0) is 36.4 Å². The zero-order chi connectivity index (χ0) is 22.4. The molecule has 162 valence electrons. The fraction of sp³-hybridized carbons (Fsp3) is 0.143. The molecular weight excluding hydrogens is 442 g/mol. The van der Waals surface area contributed by atoms with Gasteiger partial charge in [0.15, 0.2) is 0 Å². The largest absolute Gasteiger partial charge is 0.497 e. The van der Waals surface area contributed by atoms with E-state index in [1.165, 1.54) is 38.6 Å². The highest BCUT2D eigenvalue weighted by atomic mass is 35.5. The first kappa shape index (κ1) is 22.4. The molecule has 0 aliphatic heterocycles. The van der Waals surface area contributed by atoms with E-state index in [9.17, 15) is 13.2 Å². The number of rotatable bonds is 8. The maximum atomic E-state index is 13.6. The molecule has 1 amide bonds. The monoisotopic (exact) mass is 461 g/mol. The van der Waals surface area contributed by atoms with E-state index in [0.29, 0.717) is 11.4 Å². The van der Waals surface area contributed by atoms with Crippen molar-refractivity contribution in [1.29, 1.82) is 0 Å². The van der Waals surface area contributed by atoms with Crippen LogP contribution in [0, 0.1) is 0 Å². The van der Waals surface area contributed by atoms with Gasteiger partial charge in [-0.15, -0.1) is 0 Å². The highest BCUT2D eigenvalue weighted by Crippen LogP contribution is 2.36. The minimum atomic E-state index is -4.24. The van der Waals surface area contributed by atoms with Crippen LogP contribution in [0.3, 0.4) is 0 Å². The molecule has 3 aromatic rings. The van der Waals surface area contributed by atoms with Gasteiger partial charge in [-0.1, -0.05) is 23.7 Å². The van der Waals surface area contributed by atoms with Crippen LogP contribution in [0.4, 0.5) is 11.4 Å². The molecule has 0 aliphatic rings. The number of benzene rings is 2. The Morgan fingerprint density at radius 1 is 1.10 bits per heavy atom. The van der Waals surface area contributed by atoms with Gasteiger partial charge in [0.25, 0.3) is 10.0 Å². The fourth-order valence-corrected chi connectivity index (χ4v) is 4.75. The Morgan fingerprint density at radius 3 is 2.52 bits per heavy atom. The number of nitrogens with one attached hydrogen (secondary N) is 1. The number of hydrogen-bond donors (Lipinski definition) is 1. The van der Waals surface area contributed by atoms with Crippen LogP contribution >= 0.6 is 11.6 Å². The van der Waals surface area contributed by atoms with Gasteiger partial charge >= 0.3 is 0 Å². The summed E-state index contributed by atoms with van der Waals surface area (Å²) in [7, 11) is -1.38. The average Bonchev–Trinajstić information content (AvgIpc) is 2.77. The summed E-state index contributed by atoms with van der Waals surface area (Å²) >= 11 is 6.17. The number of nitrogens with zero attached hydrogens (tertiary/aromatic N) is 2. The predicted octanol–water partition coefficient (Wildman–Crippen LogP) is 3.59. The number of anilines is 2. The van der Waals surface area contributed by atoms with Crippen molar-refractivity contribution in [2.45, 2.75) is 4.90 Å². The van der Waals surface area contributed by atoms with E-state index >= 15 is 0 Å². The predicted molar refractivity (Wildman–Crippen MR) is 118 cm³/mol. The van der Waals surface area contributed by atoms with Gasteiger partial charge in [0.2, 0.25) is 5.91 Å². The summed E-state index contributed by atoms with van der Waals surface area (Å²) in [5, 5.41) is 2.66. The number of ether oxygens (including phenoxy) is 2. The Kier molecular flexibility index (Phi) is 6.98. The SMILES string of the molecule is COc1ccc(OC)c(N(CC(=O)Nc2cccnc2)S(=O)(=O)c2ccccc2Cl)c1. The minimum Gasteiger partial charge on any atom is -0.497 e. The lowest BCUT2D eigenvalue weighted by atomic mass is 10.2. The van der Waals surface area contributed by atoms with Crippen LogP contribution in [0.25, 0.3) is 0 Å². The zero-order valence-electron chi connectivity index (χ0n) is 16.8. The summed E-state index contributed by atoms with van der Waals surface area (Å²) in [4.78, 5) is 16.6. The van der Waals surface area contributed by atoms with Crippen LogP contribution in [0.2, 0.25) is 5.02 Å². The van der Waals surface area contributed by atoms with Crippen LogP contribution in [-0.2, 0) is 14.8 Å². The summed E-state index contributed by atoms with van der Waals surface area (Å²) in [6.07, 6.45) is 3.02. The number of aromatic nitrogens is 1. The second-order valence-electron chi connectivity index (χ2n) is 6.27. The number of hydrogen-bond acceptors (Lipinski definition) is 6. The molecule has 0 spiro atoms. The van der Waals surface area contributed by atoms with E-state index in [1.807, 2.05) is 0 Å². The average molecular weight is 462 g/mol. The third kappa shape index (κ3) is 5.07. The number of carbonyl (C=O) groups excluding carboxylic acids is 1. The second-order valence-corrected chi connectivity index (χ2v) is 8.51. The first-order valence-corrected chi connectivity index (χ1v) is 10.9. The molecule has 0 aliphatic carbocycles. The first-order chi connectivity index (χ1) is 14.9. The van der Waals surface area contributed by atoms with E-state index in [4.69, 9.17) is 21.1 Å². The lowest BCUT2D eigenvalue weighted by molar-refractivity contribution is -0.114. The van der Waals surface area contributed by atoms with Crippen LogP contribution in [0.5, 0.6) is 11.5 Å². The molecule has 0 atom stereocenters. The maximum Gasteiger partial charge on any atom is 0.266 e. The van der Waals surface area contributed by atoms with Gasteiger partial charge in [0.05, 0.1) is 36.8 Å². The van der Waals surface area contributed by atoms with Gasteiger partial charge in [-0.25, -0.2) is 8.42 Å². The molecule has 0 fully saturated rings. The molecule has 2 aromatic carbocycles. The highest BCUT2D eigenvalue weighted by Gasteiger charge is 2.31. The molecule has 1 heterocycles. The van der Waals surface area contributed by atoms with Crippen molar-refractivity contribution in [2.24, 2.45) is 0 Å². The Morgan fingerprint density at radius 2 is 1.87 bits per heavy atom. The molecule has 0 bridgehead atoms. The van der Waals surface area contributed by atoms with Gasteiger partial charge in [-0.2, -0.15) is 0 Å². The molecule has 31 heavy (non-hydrogen) atoms. The number of amides is 1. The standard InChI is InChI=1S/C21H20ClN3O5S/c1-29-16-9-10-19(30-2)18(12-16)25(14-21(26)24-15-6-5-11-23-13-15)31(27,28)20-8-4-3-7-17(20)22/h3-13H,14H2,1-2H3,(H,24,26). The van der Waals surface area contributed by atoms with Crippen molar-refractivity contribution in [3.05, 3.63) is 72.0 Å². The summed E-state index contributed by atoms with van der Waals surface area (Å²) in [5.41, 5.74) is 0.559. The Balaban J connectivity index is 2.08. The van der Waals surface area contributed by atoms with E-state index < -0.39 is 22.5 Å². The third-order valence-electron chi connectivity index (χ3n) is 4.29. The van der Waals surface area contributed by atoms with Crippen molar-refractivity contribution in [3.8, 4) is 11.5 Å². The summed E-state index contributed by atoms with van der Waals surface area (Å²) in [6, 6.07) is 14.0. The lowest BCUT2D eigenvalue weighted by Crippen LogP contribution is -2.38. The van der Waals surface area contributed by atoms with Crippen molar-refractivity contribution in [1.82, 2.24) is 4.98 Å². The van der Waals surface area contributed by atoms with E-state index in [2.05, 4.69) is 10.3 Å². The molecule has 0 saturated heterocycles. The van der Waals surface area contributed by atoms with Crippen LogP contribution < -0.4 is 19.1 Å². The Hall–Kier alpha value is -3.30. The molecule has 0 radical (unpaired) electrons. The molecule has 0 saturated carbocycles.